The number of carboxylic acids is 1. The number of pyridine rings is 1. The van der Waals surface area contributed by atoms with Gasteiger partial charge < -0.3 is 10.2 Å². The molecule has 0 spiro atoms. The Morgan fingerprint density at radius 2 is 1.75 bits per heavy atom. The van der Waals surface area contributed by atoms with Crippen molar-refractivity contribution in [3.8, 4) is 11.3 Å². The van der Waals surface area contributed by atoms with Crippen LogP contribution < -0.4 is 0 Å². The molecule has 1 heterocycles. The number of hydrogen-bond acceptors (Lipinski definition) is 3. The lowest BCUT2D eigenvalue weighted by Crippen LogP contribution is -2.29. The summed E-state index contributed by atoms with van der Waals surface area (Å²) in [6, 6.07) is 9.22. The number of hydrogen-bond donors (Lipinski definition) is 2. The van der Waals surface area contributed by atoms with Crippen LogP contribution in [0.25, 0.3) is 11.3 Å². The summed E-state index contributed by atoms with van der Waals surface area (Å²) in [6.45, 7) is -0.905. The molecule has 2 atom stereocenters. The molecule has 0 aliphatic rings. The van der Waals surface area contributed by atoms with Crippen molar-refractivity contribution in [2.24, 2.45) is 0 Å². The van der Waals surface area contributed by atoms with Gasteiger partial charge in [-0.05, 0) is 47.5 Å². The van der Waals surface area contributed by atoms with Gasteiger partial charge in [0.15, 0.2) is 0 Å². The van der Waals surface area contributed by atoms with E-state index in [1.807, 2.05) is 0 Å². The molecule has 0 saturated heterocycles. The molecule has 0 saturated carbocycles. The molecule has 10 heteroatoms. The highest BCUT2D eigenvalue weighted by Crippen LogP contribution is 2.46. The van der Waals surface area contributed by atoms with E-state index < -0.39 is 36.4 Å². The maximum Gasteiger partial charge on any atom is 0.396 e. The van der Waals surface area contributed by atoms with Crippen molar-refractivity contribution >= 4 is 29.2 Å². The van der Waals surface area contributed by atoms with E-state index in [0.717, 1.165) is 36.5 Å². The zero-order chi connectivity index (χ0) is 23.6. The van der Waals surface area contributed by atoms with Gasteiger partial charge in [0.2, 0.25) is 0 Å². The summed E-state index contributed by atoms with van der Waals surface area (Å²) >= 11 is 11.8. The topological polar surface area (TPSA) is 70.4 Å². The van der Waals surface area contributed by atoms with E-state index in [1.165, 1.54) is 18.2 Å². The average Bonchev–Trinajstić information content (AvgIpc) is 2.71. The molecule has 2 N–H and O–H groups in total. The summed E-state index contributed by atoms with van der Waals surface area (Å²) in [4.78, 5) is 15.4. The number of carboxylic acid groups (broad SMARTS) is 1. The van der Waals surface area contributed by atoms with Gasteiger partial charge in [-0.1, -0.05) is 35.3 Å². The monoisotopic (exact) mass is 487 g/mol. The molecule has 3 aromatic rings. The lowest BCUT2D eigenvalue weighted by Gasteiger charge is -2.29. The van der Waals surface area contributed by atoms with Crippen LogP contribution in [0, 0.1) is 5.82 Å². The minimum Gasteiger partial charge on any atom is -0.478 e. The lowest BCUT2D eigenvalue weighted by atomic mass is 9.81. The Labute approximate surface area is 190 Å². The smallest absolute Gasteiger partial charge is 0.396 e. The van der Waals surface area contributed by atoms with Gasteiger partial charge in [0.25, 0.3) is 0 Å². The van der Waals surface area contributed by atoms with E-state index >= 15 is 0 Å². The van der Waals surface area contributed by atoms with Gasteiger partial charge in [-0.15, -0.1) is 0 Å². The highest BCUT2D eigenvalue weighted by Gasteiger charge is 2.46. The van der Waals surface area contributed by atoms with E-state index in [9.17, 15) is 32.6 Å². The van der Waals surface area contributed by atoms with E-state index in [-0.39, 0.29) is 38.0 Å². The van der Waals surface area contributed by atoms with E-state index in [0.29, 0.717) is 0 Å². The quantitative estimate of drug-likeness (QED) is 0.399. The van der Waals surface area contributed by atoms with Gasteiger partial charge in [-0.3, -0.25) is 4.98 Å². The molecule has 4 nitrogen and oxygen atoms in total. The lowest BCUT2D eigenvalue weighted by molar-refractivity contribution is -0.158. The highest BCUT2D eigenvalue weighted by atomic mass is 35.5. The van der Waals surface area contributed by atoms with Crippen LogP contribution in [-0.4, -0.2) is 33.9 Å². The molecule has 2 aromatic carbocycles. The second-order valence-electron chi connectivity index (χ2n) is 6.95. The Morgan fingerprint density at radius 1 is 1.03 bits per heavy atom. The van der Waals surface area contributed by atoms with Crippen molar-refractivity contribution in [2.45, 2.75) is 18.0 Å². The predicted octanol–water partition coefficient (Wildman–Crippen LogP) is 6.31. The van der Waals surface area contributed by atoms with E-state index in [4.69, 9.17) is 23.2 Å². The Hall–Kier alpha value is -2.68. The van der Waals surface area contributed by atoms with Crippen molar-refractivity contribution in [1.29, 1.82) is 0 Å². The molecule has 0 aliphatic heterocycles. The molecular weight excluding hydrogens is 473 g/mol. The molecule has 1 aromatic heterocycles. The molecule has 32 heavy (non-hydrogen) atoms. The van der Waals surface area contributed by atoms with Crippen LogP contribution in [0.5, 0.6) is 0 Å². The maximum absolute atomic E-state index is 14.2. The van der Waals surface area contributed by atoms with Crippen molar-refractivity contribution in [2.75, 3.05) is 6.61 Å². The van der Waals surface area contributed by atoms with Gasteiger partial charge in [0.1, 0.15) is 5.82 Å². The maximum atomic E-state index is 14.2. The van der Waals surface area contributed by atoms with Gasteiger partial charge in [-0.2, -0.15) is 13.2 Å². The fourth-order valence-electron chi connectivity index (χ4n) is 3.48. The molecule has 0 radical (unpaired) electrons. The molecule has 168 valence electrons. The number of aromatic nitrogens is 1. The SMILES string of the molecule is O=C(O)c1cc(-c2cc(C(C(CO)c3ccc(F)cc3Cl)C(F)(F)F)ccn2)ccc1Cl. The Kier molecular flexibility index (Phi) is 7.07. The summed E-state index contributed by atoms with van der Waals surface area (Å²) in [7, 11) is 0. The van der Waals surface area contributed by atoms with Gasteiger partial charge in [-0.25, -0.2) is 9.18 Å². The van der Waals surface area contributed by atoms with Crippen molar-refractivity contribution in [3.63, 3.8) is 0 Å². The molecule has 2 unspecified atom stereocenters. The molecule has 0 amide bonds. The molecule has 0 bridgehead atoms. The Balaban J connectivity index is 2.12. The number of halogens is 6. The zero-order valence-electron chi connectivity index (χ0n) is 16.1. The minimum absolute atomic E-state index is 0.0307. The number of aromatic carboxylic acids is 1. The normalized spacial score (nSPS) is 13.6. The number of benzene rings is 2. The van der Waals surface area contributed by atoms with Crippen LogP contribution in [0.15, 0.2) is 54.7 Å². The third-order valence-corrected chi connectivity index (χ3v) is 5.61. The van der Waals surface area contributed by atoms with Gasteiger partial charge >= 0.3 is 12.1 Å². The fourth-order valence-corrected chi connectivity index (χ4v) is 3.99. The standard InChI is InChI=1S/C22H15Cl2F4NO3/c23-17-4-1-11(7-15(17)21(31)32)19-8-12(5-6-29-19)20(22(26,27)28)16(10-30)14-3-2-13(25)9-18(14)24/h1-9,16,20,30H,10H2,(H,31,32). The van der Waals surface area contributed by atoms with Crippen molar-refractivity contribution < 1.29 is 32.6 Å². The second-order valence-corrected chi connectivity index (χ2v) is 7.76. The molecular formula is C22H15Cl2F4NO3. The minimum atomic E-state index is -4.80. The summed E-state index contributed by atoms with van der Waals surface area (Å²) in [6.07, 6.45) is -3.64. The number of alkyl halides is 3. The van der Waals surface area contributed by atoms with E-state index in [2.05, 4.69) is 4.98 Å². The number of carbonyl (C=O) groups is 1. The second kappa shape index (κ2) is 9.44. The zero-order valence-corrected chi connectivity index (χ0v) is 17.6. The number of aliphatic hydroxyl groups excluding tert-OH is 1. The van der Waals surface area contributed by atoms with Crippen LogP contribution in [0.1, 0.15) is 33.3 Å². The van der Waals surface area contributed by atoms with Crippen molar-refractivity contribution in [3.05, 3.63) is 87.3 Å². The molecule has 3 rings (SSSR count). The van der Waals surface area contributed by atoms with Crippen LogP contribution >= 0.6 is 23.2 Å². The van der Waals surface area contributed by atoms with Gasteiger partial charge in [0, 0.05) is 22.7 Å². The molecule has 0 fully saturated rings. The van der Waals surface area contributed by atoms with Crippen LogP contribution in [0.2, 0.25) is 10.0 Å². The number of rotatable bonds is 6. The average molecular weight is 488 g/mol. The molecule has 0 aliphatic carbocycles. The van der Waals surface area contributed by atoms with Crippen LogP contribution in [0.4, 0.5) is 17.6 Å². The fraction of sp³-hybridized carbons (Fsp3) is 0.182. The van der Waals surface area contributed by atoms with Crippen LogP contribution in [0.3, 0.4) is 0 Å². The summed E-state index contributed by atoms with van der Waals surface area (Å²) in [5, 5.41) is 18.8. The Morgan fingerprint density at radius 3 is 2.34 bits per heavy atom. The predicted molar refractivity (Wildman–Crippen MR) is 112 cm³/mol. The number of aliphatic hydroxyl groups is 1. The first-order valence-corrected chi connectivity index (χ1v) is 9.90. The Bertz CT molecular complexity index is 1150. The highest BCUT2D eigenvalue weighted by molar-refractivity contribution is 6.33. The van der Waals surface area contributed by atoms with Crippen molar-refractivity contribution in [1.82, 2.24) is 4.98 Å². The summed E-state index contributed by atoms with van der Waals surface area (Å²) in [5.41, 5.74) is -0.188. The first kappa shape index (κ1) is 24.0. The summed E-state index contributed by atoms with van der Waals surface area (Å²) < 4.78 is 55.9. The number of nitrogens with zero attached hydrogens (tertiary/aromatic N) is 1. The van der Waals surface area contributed by atoms with E-state index in [1.54, 1.807) is 0 Å². The largest absolute Gasteiger partial charge is 0.478 e. The summed E-state index contributed by atoms with van der Waals surface area (Å²) in [5.74, 6) is -5.73. The first-order chi connectivity index (χ1) is 15.0. The third kappa shape index (κ3) is 5.03. The third-order valence-electron chi connectivity index (χ3n) is 4.95. The van der Waals surface area contributed by atoms with Gasteiger partial charge in [0.05, 0.1) is 28.8 Å². The first-order valence-electron chi connectivity index (χ1n) is 9.14. The van der Waals surface area contributed by atoms with Crippen LogP contribution in [-0.2, 0) is 0 Å².